The number of amides is 1. The van der Waals surface area contributed by atoms with E-state index < -0.39 is 0 Å². The van der Waals surface area contributed by atoms with Gasteiger partial charge in [0.25, 0.3) is 0 Å². The molecule has 0 spiro atoms. The van der Waals surface area contributed by atoms with E-state index in [1.54, 1.807) is 0 Å². The fraction of sp³-hybridized carbons (Fsp3) is 0.933. The number of hydrogen-bond acceptors (Lipinski definition) is 3. The second kappa shape index (κ2) is 10.2. The zero-order chi connectivity index (χ0) is 14.8. The van der Waals surface area contributed by atoms with Crippen molar-refractivity contribution in [1.82, 2.24) is 9.80 Å². The van der Waals surface area contributed by atoms with Gasteiger partial charge in [-0.3, -0.25) is 9.69 Å². The van der Waals surface area contributed by atoms with Crippen molar-refractivity contribution < 1.29 is 9.53 Å². The quantitative estimate of drug-likeness (QED) is 0.773. The molecule has 0 saturated carbocycles. The van der Waals surface area contributed by atoms with Crippen LogP contribution in [-0.4, -0.2) is 61.1 Å². The lowest BCUT2D eigenvalue weighted by Crippen LogP contribution is -2.57. The Labute approximate surface area is 119 Å². The minimum absolute atomic E-state index is 0.241. The lowest BCUT2D eigenvalue weighted by Gasteiger charge is -2.43. The van der Waals surface area contributed by atoms with Crippen LogP contribution in [0.1, 0.15) is 41.5 Å². The molecule has 0 aliphatic carbocycles. The van der Waals surface area contributed by atoms with Gasteiger partial charge in [0.1, 0.15) is 0 Å². The van der Waals surface area contributed by atoms with Crippen molar-refractivity contribution in [3.63, 3.8) is 0 Å². The maximum Gasteiger partial charge on any atom is 0.228 e. The summed E-state index contributed by atoms with van der Waals surface area (Å²) in [6, 6.07) is 0.568. The smallest absolute Gasteiger partial charge is 0.228 e. The number of rotatable bonds is 2. The summed E-state index contributed by atoms with van der Waals surface area (Å²) < 4.78 is 5.24. The third-order valence-corrected chi connectivity index (χ3v) is 3.31. The summed E-state index contributed by atoms with van der Waals surface area (Å²) in [4.78, 5) is 16.3. The van der Waals surface area contributed by atoms with E-state index in [1.165, 1.54) is 0 Å². The number of nitrogens with zero attached hydrogens (tertiary/aromatic N) is 2. The molecule has 2 fully saturated rings. The minimum Gasteiger partial charge on any atom is -0.378 e. The van der Waals surface area contributed by atoms with Crippen LogP contribution in [0, 0.1) is 5.92 Å². The monoisotopic (exact) mass is 272 g/mol. The summed E-state index contributed by atoms with van der Waals surface area (Å²) in [5.41, 5.74) is 0. The maximum atomic E-state index is 12.0. The molecule has 0 unspecified atom stereocenters. The van der Waals surface area contributed by atoms with Crippen LogP contribution in [0.5, 0.6) is 0 Å². The molecule has 19 heavy (non-hydrogen) atoms. The topological polar surface area (TPSA) is 32.8 Å². The first-order valence-electron chi connectivity index (χ1n) is 7.79. The fourth-order valence-corrected chi connectivity index (χ4v) is 2.13. The van der Waals surface area contributed by atoms with Gasteiger partial charge in [-0.05, 0) is 13.8 Å². The predicted molar refractivity (Wildman–Crippen MR) is 80.3 cm³/mol. The summed E-state index contributed by atoms with van der Waals surface area (Å²) in [6.07, 6.45) is 0. The van der Waals surface area contributed by atoms with Crippen molar-refractivity contribution in [3.05, 3.63) is 0 Å². The van der Waals surface area contributed by atoms with Crippen molar-refractivity contribution in [2.75, 3.05) is 39.4 Å². The molecule has 0 bridgehead atoms. The van der Waals surface area contributed by atoms with Crippen LogP contribution in [0.3, 0.4) is 0 Å². The Balaban J connectivity index is 0.000000741. The highest BCUT2D eigenvalue weighted by Crippen LogP contribution is 2.20. The van der Waals surface area contributed by atoms with Crippen molar-refractivity contribution in [3.8, 4) is 0 Å². The van der Waals surface area contributed by atoms with Crippen molar-refractivity contribution in [2.45, 2.75) is 47.6 Å². The molecule has 0 aromatic carbocycles. The second-order valence-corrected chi connectivity index (χ2v) is 4.68. The van der Waals surface area contributed by atoms with Crippen molar-refractivity contribution in [2.24, 2.45) is 5.92 Å². The number of likely N-dealkylation sites (tertiary alicyclic amines) is 1. The van der Waals surface area contributed by atoms with Gasteiger partial charge in [-0.15, -0.1) is 0 Å². The first-order chi connectivity index (χ1) is 9.18. The first kappa shape index (κ1) is 18.4. The second-order valence-electron chi connectivity index (χ2n) is 4.68. The van der Waals surface area contributed by atoms with E-state index in [4.69, 9.17) is 4.74 Å². The highest BCUT2D eigenvalue weighted by Gasteiger charge is 2.36. The van der Waals surface area contributed by atoms with E-state index in [-0.39, 0.29) is 5.92 Å². The third-order valence-electron chi connectivity index (χ3n) is 3.31. The van der Waals surface area contributed by atoms with Crippen LogP contribution in [0.25, 0.3) is 0 Å². The molecular formula is C15H32N2O2. The molecule has 0 atom stereocenters. The van der Waals surface area contributed by atoms with Gasteiger partial charge >= 0.3 is 0 Å². The molecule has 114 valence electrons. The summed E-state index contributed by atoms with van der Waals surface area (Å²) in [7, 11) is 0. The number of carbonyl (C=O) groups is 1. The van der Waals surface area contributed by atoms with E-state index in [1.807, 2.05) is 32.6 Å². The molecule has 2 heterocycles. The Bertz CT molecular complexity index is 232. The lowest BCUT2D eigenvalue weighted by molar-refractivity contribution is -0.145. The number of morpholine rings is 1. The maximum absolute atomic E-state index is 12.0. The van der Waals surface area contributed by atoms with Gasteiger partial charge in [0.15, 0.2) is 0 Å². The normalized spacial score (nSPS) is 19.8. The zero-order valence-electron chi connectivity index (χ0n) is 13.6. The Kier molecular flexibility index (Phi) is 9.88. The SMILES string of the molecule is CC.CC.CC(C)N1CC(C(=O)N2CCOCC2)C1. The molecule has 2 aliphatic rings. The van der Waals surface area contributed by atoms with Crippen LogP contribution in [0.4, 0.5) is 0 Å². The molecule has 1 amide bonds. The summed E-state index contributed by atoms with van der Waals surface area (Å²) in [5, 5.41) is 0. The highest BCUT2D eigenvalue weighted by molar-refractivity contribution is 5.80. The lowest BCUT2D eigenvalue weighted by atomic mass is 9.96. The fourth-order valence-electron chi connectivity index (χ4n) is 2.13. The molecule has 0 radical (unpaired) electrons. The summed E-state index contributed by atoms with van der Waals surface area (Å²) in [6.45, 7) is 17.2. The van der Waals surface area contributed by atoms with Crippen molar-refractivity contribution in [1.29, 1.82) is 0 Å². The minimum atomic E-state index is 0.241. The molecule has 2 saturated heterocycles. The molecule has 2 aliphatic heterocycles. The van der Waals surface area contributed by atoms with Gasteiger partial charge in [-0.2, -0.15) is 0 Å². The highest BCUT2D eigenvalue weighted by atomic mass is 16.5. The standard InChI is InChI=1S/C11H20N2O2.2C2H6/c1-9(2)13-7-10(8-13)11(14)12-3-5-15-6-4-12;2*1-2/h9-10H,3-8H2,1-2H3;2*1-2H3. The van der Waals surface area contributed by atoms with E-state index in [2.05, 4.69) is 18.7 Å². The number of hydrogen-bond donors (Lipinski definition) is 0. The van der Waals surface area contributed by atoms with Gasteiger partial charge < -0.3 is 9.64 Å². The van der Waals surface area contributed by atoms with Crippen LogP contribution in [0.15, 0.2) is 0 Å². The van der Waals surface area contributed by atoms with E-state index >= 15 is 0 Å². The average molecular weight is 272 g/mol. The van der Waals surface area contributed by atoms with Gasteiger partial charge in [-0.25, -0.2) is 0 Å². The van der Waals surface area contributed by atoms with Crippen LogP contribution in [-0.2, 0) is 9.53 Å². The predicted octanol–water partition coefficient (Wildman–Crippen LogP) is 2.24. The zero-order valence-corrected chi connectivity index (χ0v) is 13.6. The summed E-state index contributed by atoms with van der Waals surface area (Å²) in [5.74, 6) is 0.570. The molecular weight excluding hydrogens is 240 g/mol. The molecule has 0 N–H and O–H groups in total. The van der Waals surface area contributed by atoms with Crippen LogP contribution in [0.2, 0.25) is 0 Å². The van der Waals surface area contributed by atoms with Crippen molar-refractivity contribution >= 4 is 5.91 Å². The molecule has 0 aromatic heterocycles. The van der Waals surface area contributed by atoms with Gasteiger partial charge in [0, 0.05) is 32.2 Å². The van der Waals surface area contributed by atoms with E-state index in [9.17, 15) is 4.79 Å². The average Bonchev–Trinajstić information content (AvgIpc) is 2.42. The molecule has 4 nitrogen and oxygen atoms in total. The Morgan fingerprint density at radius 2 is 1.53 bits per heavy atom. The molecule has 0 aromatic rings. The summed E-state index contributed by atoms with van der Waals surface area (Å²) >= 11 is 0. The molecule has 2 rings (SSSR count). The van der Waals surface area contributed by atoms with Crippen LogP contribution >= 0.6 is 0 Å². The Morgan fingerprint density at radius 1 is 1.05 bits per heavy atom. The van der Waals surface area contributed by atoms with Gasteiger partial charge in [0.05, 0.1) is 19.1 Å². The van der Waals surface area contributed by atoms with Gasteiger partial charge in [0.2, 0.25) is 5.91 Å². The number of carbonyl (C=O) groups excluding carboxylic acids is 1. The number of ether oxygens (including phenoxy) is 1. The first-order valence-corrected chi connectivity index (χ1v) is 7.79. The Morgan fingerprint density at radius 3 is 1.95 bits per heavy atom. The largest absolute Gasteiger partial charge is 0.378 e. The van der Waals surface area contributed by atoms with Gasteiger partial charge in [-0.1, -0.05) is 27.7 Å². The molecule has 4 heteroatoms. The van der Waals surface area contributed by atoms with E-state index in [0.717, 1.165) is 26.2 Å². The third kappa shape index (κ3) is 5.49. The van der Waals surface area contributed by atoms with Crippen LogP contribution < -0.4 is 0 Å². The van der Waals surface area contributed by atoms with E-state index in [0.29, 0.717) is 25.2 Å². The Hall–Kier alpha value is -0.610.